The van der Waals surface area contributed by atoms with Crippen molar-refractivity contribution in [1.29, 1.82) is 0 Å². The van der Waals surface area contributed by atoms with E-state index in [1.54, 1.807) is 6.07 Å². The van der Waals surface area contributed by atoms with Gasteiger partial charge >= 0.3 is 0 Å². The highest BCUT2D eigenvalue weighted by Crippen LogP contribution is 2.14. The molecule has 1 N–H and O–H groups in total. The summed E-state index contributed by atoms with van der Waals surface area (Å²) in [5.41, 5.74) is 2.45. The molecule has 2 aromatic carbocycles. The number of aromatic nitrogens is 2. The van der Waals surface area contributed by atoms with Crippen LogP contribution < -0.4 is 15.0 Å². The van der Waals surface area contributed by atoms with Gasteiger partial charge in [-0.25, -0.2) is 17.8 Å². The van der Waals surface area contributed by atoms with Gasteiger partial charge in [0.25, 0.3) is 5.56 Å². The van der Waals surface area contributed by atoms with E-state index in [1.165, 1.54) is 16.3 Å². The summed E-state index contributed by atoms with van der Waals surface area (Å²) in [5.74, 6) is 0.463. The summed E-state index contributed by atoms with van der Waals surface area (Å²) in [5, 5.41) is 4.32. The summed E-state index contributed by atoms with van der Waals surface area (Å²) in [4.78, 5) is 12.0. The summed E-state index contributed by atoms with van der Waals surface area (Å²) in [6.45, 7) is 2.31. The number of ether oxygens (including phenoxy) is 1. The van der Waals surface area contributed by atoms with Crippen LogP contribution in [0, 0.1) is 0 Å². The molecule has 0 spiro atoms. The van der Waals surface area contributed by atoms with Crippen LogP contribution in [0.25, 0.3) is 11.3 Å². The Morgan fingerprint density at radius 2 is 1.73 bits per heavy atom. The zero-order valence-electron chi connectivity index (χ0n) is 16.8. The third kappa shape index (κ3) is 6.27. The van der Waals surface area contributed by atoms with Gasteiger partial charge in [-0.1, -0.05) is 49.4 Å². The second kappa shape index (κ2) is 10.2. The normalized spacial score (nSPS) is 11.4. The van der Waals surface area contributed by atoms with E-state index >= 15 is 0 Å². The van der Waals surface area contributed by atoms with E-state index in [4.69, 9.17) is 4.74 Å². The summed E-state index contributed by atoms with van der Waals surface area (Å²) in [6, 6.07) is 20.1. The predicted octanol–water partition coefficient (Wildman–Crippen LogP) is 2.47. The largest absolute Gasteiger partial charge is 0.492 e. The van der Waals surface area contributed by atoms with Crippen LogP contribution in [0.3, 0.4) is 0 Å². The Balaban J connectivity index is 1.50. The van der Waals surface area contributed by atoms with Gasteiger partial charge < -0.3 is 4.74 Å². The fourth-order valence-corrected chi connectivity index (χ4v) is 3.69. The highest BCUT2D eigenvalue weighted by Gasteiger charge is 2.11. The Bertz CT molecular complexity index is 1110. The first-order valence-corrected chi connectivity index (χ1v) is 11.4. The molecule has 0 fully saturated rings. The van der Waals surface area contributed by atoms with Crippen molar-refractivity contribution in [3.63, 3.8) is 0 Å². The Labute approximate surface area is 176 Å². The van der Waals surface area contributed by atoms with E-state index in [1.807, 2.05) is 54.6 Å². The standard InChI is InChI=1S/C22H25N3O4S/c1-2-18-8-10-20(11-9-18)29-16-17-30(27,28)23-14-15-25-22(26)13-12-21(24-25)19-6-4-3-5-7-19/h3-13,23H,2,14-17H2,1H3. The fourth-order valence-electron chi connectivity index (χ4n) is 2.84. The molecule has 0 aliphatic carbocycles. The van der Waals surface area contributed by atoms with Crippen molar-refractivity contribution in [2.75, 3.05) is 18.9 Å². The van der Waals surface area contributed by atoms with Gasteiger partial charge in [0.1, 0.15) is 12.4 Å². The van der Waals surface area contributed by atoms with Crippen LogP contribution in [0.15, 0.2) is 71.5 Å². The molecule has 30 heavy (non-hydrogen) atoms. The predicted molar refractivity (Wildman–Crippen MR) is 117 cm³/mol. The van der Waals surface area contributed by atoms with Crippen molar-refractivity contribution in [2.45, 2.75) is 19.9 Å². The molecule has 7 nitrogen and oxygen atoms in total. The SMILES string of the molecule is CCc1ccc(OCCS(=O)(=O)NCCn2nc(-c3ccccc3)ccc2=O)cc1. The molecule has 0 saturated heterocycles. The van der Waals surface area contributed by atoms with E-state index in [-0.39, 0.29) is 31.0 Å². The first-order chi connectivity index (χ1) is 14.5. The summed E-state index contributed by atoms with van der Waals surface area (Å²) in [6.07, 6.45) is 0.935. The second-order valence-electron chi connectivity index (χ2n) is 6.71. The van der Waals surface area contributed by atoms with Crippen LogP contribution >= 0.6 is 0 Å². The minimum atomic E-state index is -3.53. The van der Waals surface area contributed by atoms with E-state index in [0.717, 1.165) is 12.0 Å². The van der Waals surface area contributed by atoms with Crippen molar-refractivity contribution in [3.05, 3.63) is 82.6 Å². The maximum Gasteiger partial charge on any atom is 0.266 e. The van der Waals surface area contributed by atoms with Gasteiger partial charge in [0.05, 0.1) is 18.0 Å². The van der Waals surface area contributed by atoms with E-state index in [0.29, 0.717) is 11.4 Å². The smallest absolute Gasteiger partial charge is 0.266 e. The van der Waals surface area contributed by atoms with Gasteiger partial charge in [0, 0.05) is 18.2 Å². The van der Waals surface area contributed by atoms with Crippen LogP contribution in [-0.2, 0) is 23.0 Å². The third-order valence-corrected chi connectivity index (χ3v) is 5.88. The molecular weight excluding hydrogens is 402 g/mol. The van der Waals surface area contributed by atoms with Crippen molar-refractivity contribution in [2.24, 2.45) is 0 Å². The average molecular weight is 428 g/mol. The molecule has 0 bridgehead atoms. The van der Waals surface area contributed by atoms with Gasteiger partial charge in [0.2, 0.25) is 10.0 Å². The summed E-state index contributed by atoms with van der Waals surface area (Å²) in [7, 11) is -3.53. The minimum Gasteiger partial charge on any atom is -0.492 e. The van der Waals surface area contributed by atoms with Crippen LogP contribution in [-0.4, -0.2) is 37.1 Å². The zero-order valence-corrected chi connectivity index (χ0v) is 17.6. The molecular formula is C22H25N3O4S. The lowest BCUT2D eigenvalue weighted by Gasteiger charge is -2.10. The molecule has 0 unspecified atom stereocenters. The number of nitrogens with zero attached hydrogens (tertiary/aromatic N) is 2. The van der Waals surface area contributed by atoms with Gasteiger partial charge in [-0.3, -0.25) is 4.79 Å². The number of rotatable bonds is 10. The molecule has 1 aromatic heterocycles. The second-order valence-corrected chi connectivity index (χ2v) is 8.63. The lowest BCUT2D eigenvalue weighted by Crippen LogP contribution is -2.34. The maximum atomic E-state index is 12.2. The number of aryl methyl sites for hydroxylation is 1. The van der Waals surface area contributed by atoms with E-state index in [9.17, 15) is 13.2 Å². The molecule has 158 valence electrons. The molecule has 0 radical (unpaired) electrons. The highest BCUT2D eigenvalue weighted by atomic mass is 32.2. The number of sulfonamides is 1. The maximum absolute atomic E-state index is 12.2. The third-order valence-electron chi connectivity index (χ3n) is 4.53. The van der Waals surface area contributed by atoms with Crippen LogP contribution in [0.5, 0.6) is 5.75 Å². The van der Waals surface area contributed by atoms with E-state index < -0.39 is 10.0 Å². The first kappa shape index (κ1) is 21.7. The first-order valence-electron chi connectivity index (χ1n) is 9.79. The summed E-state index contributed by atoms with van der Waals surface area (Å²) < 4.78 is 33.6. The molecule has 0 atom stereocenters. The molecule has 0 aliphatic heterocycles. The van der Waals surface area contributed by atoms with Gasteiger partial charge in [0.15, 0.2) is 0 Å². The molecule has 3 aromatic rings. The molecule has 0 saturated carbocycles. The van der Waals surface area contributed by atoms with Crippen molar-refractivity contribution in [3.8, 4) is 17.0 Å². The number of hydrogen-bond acceptors (Lipinski definition) is 5. The topological polar surface area (TPSA) is 90.3 Å². The van der Waals surface area contributed by atoms with Crippen LogP contribution in [0.2, 0.25) is 0 Å². The van der Waals surface area contributed by atoms with Gasteiger partial charge in [-0.05, 0) is 30.2 Å². The van der Waals surface area contributed by atoms with Crippen molar-refractivity contribution >= 4 is 10.0 Å². The molecule has 3 rings (SSSR count). The molecule has 0 amide bonds. The molecule has 8 heteroatoms. The van der Waals surface area contributed by atoms with E-state index in [2.05, 4.69) is 16.7 Å². The lowest BCUT2D eigenvalue weighted by atomic mass is 10.1. The minimum absolute atomic E-state index is 0.0441. The lowest BCUT2D eigenvalue weighted by molar-refractivity contribution is 0.340. The molecule has 0 aliphatic rings. The van der Waals surface area contributed by atoms with Crippen LogP contribution in [0.1, 0.15) is 12.5 Å². The Morgan fingerprint density at radius 1 is 1.00 bits per heavy atom. The average Bonchev–Trinajstić information content (AvgIpc) is 2.76. The molecule has 1 heterocycles. The monoisotopic (exact) mass is 427 g/mol. The fraction of sp³-hybridized carbons (Fsp3) is 0.273. The number of nitrogens with one attached hydrogen (secondary N) is 1. The van der Waals surface area contributed by atoms with Crippen molar-refractivity contribution < 1.29 is 13.2 Å². The number of benzene rings is 2. The quantitative estimate of drug-likeness (QED) is 0.537. The zero-order chi connectivity index (χ0) is 21.4. The van der Waals surface area contributed by atoms with Gasteiger partial charge in [-0.2, -0.15) is 5.10 Å². The Kier molecular flexibility index (Phi) is 7.37. The van der Waals surface area contributed by atoms with Gasteiger partial charge in [-0.15, -0.1) is 0 Å². The number of hydrogen-bond donors (Lipinski definition) is 1. The Hall–Kier alpha value is -2.97. The highest BCUT2D eigenvalue weighted by molar-refractivity contribution is 7.89. The summed E-state index contributed by atoms with van der Waals surface area (Å²) >= 11 is 0. The Morgan fingerprint density at radius 3 is 2.43 bits per heavy atom. The van der Waals surface area contributed by atoms with Crippen molar-refractivity contribution in [1.82, 2.24) is 14.5 Å². The van der Waals surface area contributed by atoms with Crippen LogP contribution in [0.4, 0.5) is 0 Å².